The van der Waals surface area contributed by atoms with E-state index in [9.17, 15) is 8.42 Å². The standard InChI is InChI=1S/C13H21NO5S/c1-9-5-12(19-4)6-10(2)13(9)20(16,17)14-11(7-15)8-18-3/h5-6,11,14-15H,7-8H2,1-4H3. The van der Waals surface area contributed by atoms with Crippen LogP contribution in [0.2, 0.25) is 0 Å². The van der Waals surface area contributed by atoms with E-state index in [1.54, 1.807) is 26.0 Å². The summed E-state index contributed by atoms with van der Waals surface area (Å²) < 4.78 is 37.2. The van der Waals surface area contributed by atoms with E-state index in [-0.39, 0.29) is 18.1 Å². The minimum Gasteiger partial charge on any atom is -0.497 e. The van der Waals surface area contributed by atoms with Gasteiger partial charge in [0.1, 0.15) is 5.75 Å². The van der Waals surface area contributed by atoms with Crippen molar-refractivity contribution in [1.29, 1.82) is 0 Å². The molecule has 0 aliphatic rings. The normalized spacial score (nSPS) is 13.2. The number of ether oxygens (including phenoxy) is 2. The highest BCUT2D eigenvalue weighted by Crippen LogP contribution is 2.25. The van der Waals surface area contributed by atoms with Crippen LogP contribution in [0.3, 0.4) is 0 Å². The van der Waals surface area contributed by atoms with Gasteiger partial charge in [0.15, 0.2) is 0 Å². The number of hydrogen-bond acceptors (Lipinski definition) is 5. The highest BCUT2D eigenvalue weighted by molar-refractivity contribution is 7.89. The second kappa shape index (κ2) is 7.03. The summed E-state index contributed by atoms with van der Waals surface area (Å²) in [5.41, 5.74) is 1.17. The molecule has 6 nitrogen and oxygen atoms in total. The molecule has 7 heteroatoms. The lowest BCUT2D eigenvalue weighted by molar-refractivity contribution is 0.139. The van der Waals surface area contributed by atoms with Gasteiger partial charge in [-0.3, -0.25) is 0 Å². The van der Waals surface area contributed by atoms with Crippen molar-refractivity contribution in [1.82, 2.24) is 4.72 Å². The fourth-order valence-corrected chi connectivity index (χ4v) is 3.72. The van der Waals surface area contributed by atoms with E-state index in [0.717, 1.165) is 0 Å². The first-order valence-electron chi connectivity index (χ1n) is 6.13. The first-order chi connectivity index (χ1) is 9.35. The van der Waals surface area contributed by atoms with Crippen molar-refractivity contribution in [3.63, 3.8) is 0 Å². The topological polar surface area (TPSA) is 84.9 Å². The van der Waals surface area contributed by atoms with E-state index in [1.165, 1.54) is 14.2 Å². The number of aryl methyl sites for hydroxylation is 2. The van der Waals surface area contributed by atoms with Gasteiger partial charge >= 0.3 is 0 Å². The Morgan fingerprint density at radius 1 is 1.25 bits per heavy atom. The third kappa shape index (κ3) is 3.92. The van der Waals surface area contributed by atoms with Crippen LogP contribution in [0.15, 0.2) is 17.0 Å². The summed E-state index contributed by atoms with van der Waals surface area (Å²) in [4.78, 5) is 0.202. The van der Waals surface area contributed by atoms with Crippen molar-refractivity contribution >= 4 is 10.0 Å². The summed E-state index contributed by atoms with van der Waals surface area (Å²) in [6.45, 7) is 3.17. The molecule has 1 aromatic rings. The molecule has 0 saturated heterocycles. The molecular weight excluding hydrogens is 282 g/mol. The molecule has 1 unspecified atom stereocenters. The van der Waals surface area contributed by atoms with Crippen molar-refractivity contribution in [2.75, 3.05) is 27.4 Å². The number of nitrogens with one attached hydrogen (secondary N) is 1. The number of methoxy groups -OCH3 is 2. The largest absolute Gasteiger partial charge is 0.497 e. The lowest BCUT2D eigenvalue weighted by atomic mass is 10.1. The van der Waals surface area contributed by atoms with Gasteiger partial charge in [-0.1, -0.05) is 0 Å². The van der Waals surface area contributed by atoms with Crippen molar-refractivity contribution in [3.05, 3.63) is 23.3 Å². The molecule has 0 fully saturated rings. The molecule has 1 rings (SSSR count). The van der Waals surface area contributed by atoms with Gasteiger partial charge in [0, 0.05) is 7.11 Å². The SMILES string of the molecule is COCC(CO)NS(=O)(=O)c1c(C)cc(OC)cc1C. The fraction of sp³-hybridized carbons (Fsp3) is 0.538. The molecule has 1 aromatic carbocycles. The van der Waals surface area contributed by atoms with Gasteiger partial charge in [0.25, 0.3) is 0 Å². The minimum absolute atomic E-state index is 0.101. The van der Waals surface area contributed by atoms with Crippen LogP contribution in [0.25, 0.3) is 0 Å². The highest BCUT2D eigenvalue weighted by Gasteiger charge is 2.23. The predicted molar refractivity (Wildman–Crippen MR) is 75.5 cm³/mol. The number of aliphatic hydroxyl groups is 1. The molecule has 2 N–H and O–H groups in total. The Kier molecular flexibility index (Phi) is 5.94. The zero-order valence-corrected chi connectivity index (χ0v) is 13.0. The summed E-state index contributed by atoms with van der Waals surface area (Å²) in [7, 11) is -0.752. The molecule has 0 bridgehead atoms. The first-order valence-corrected chi connectivity index (χ1v) is 7.61. The smallest absolute Gasteiger partial charge is 0.241 e. The maximum Gasteiger partial charge on any atom is 0.241 e. The number of hydrogen-bond donors (Lipinski definition) is 2. The number of sulfonamides is 1. The monoisotopic (exact) mass is 303 g/mol. The van der Waals surface area contributed by atoms with Gasteiger partial charge in [-0.05, 0) is 37.1 Å². The number of benzene rings is 1. The Balaban J connectivity index is 3.15. The molecule has 0 radical (unpaired) electrons. The Morgan fingerprint density at radius 3 is 2.20 bits per heavy atom. The Hall–Kier alpha value is -1.15. The van der Waals surface area contributed by atoms with E-state index in [0.29, 0.717) is 16.9 Å². The molecule has 1 atom stereocenters. The van der Waals surface area contributed by atoms with Crippen LogP contribution in [-0.4, -0.2) is 47.0 Å². The highest BCUT2D eigenvalue weighted by atomic mass is 32.2. The van der Waals surface area contributed by atoms with Crippen LogP contribution in [0.4, 0.5) is 0 Å². The molecule has 0 heterocycles. The van der Waals surface area contributed by atoms with Crippen LogP contribution in [0.5, 0.6) is 5.75 Å². The molecule has 0 aliphatic heterocycles. The predicted octanol–water partition coefficient (Wildman–Crippen LogP) is 0.598. The van der Waals surface area contributed by atoms with Gasteiger partial charge in [-0.2, -0.15) is 0 Å². The van der Waals surface area contributed by atoms with Crippen LogP contribution in [-0.2, 0) is 14.8 Å². The van der Waals surface area contributed by atoms with E-state index in [2.05, 4.69) is 4.72 Å². The maximum absolute atomic E-state index is 12.4. The summed E-state index contributed by atoms with van der Waals surface area (Å²) >= 11 is 0. The summed E-state index contributed by atoms with van der Waals surface area (Å²) in [6.07, 6.45) is 0. The molecule has 0 spiro atoms. The summed E-state index contributed by atoms with van der Waals surface area (Å²) in [5.74, 6) is 0.606. The van der Waals surface area contributed by atoms with Gasteiger partial charge in [0.05, 0.1) is 31.3 Å². The van der Waals surface area contributed by atoms with Gasteiger partial charge < -0.3 is 14.6 Å². The molecule has 0 aliphatic carbocycles. The van der Waals surface area contributed by atoms with E-state index in [1.807, 2.05) is 0 Å². The third-order valence-corrected chi connectivity index (χ3v) is 4.67. The molecule has 20 heavy (non-hydrogen) atoms. The Labute approximate surface area is 119 Å². The lowest BCUT2D eigenvalue weighted by Gasteiger charge is -2.18. The zero-order valence-electron chi connectivity index (χ0n) is 12.1. The second-order valence-electron chi connectivity index (χ2n) is 4.55. The average molecular weight is 303 g/mol. The molecule has 114 valence electrons. The molecule has 0 amide bonds. The van der Waals surface area contributed by atoms with Crippen molar-refractivity contribution in [2.45, 2.75) is 24.8 Å². The van der Waals surface area contributed by atoms with Gasteiger partial charge in [0.2, 0.25) is 10.0 Å². The quantitative estimate of drug-likeness (QED) is 0.770. The Bertz CT molecular complexity index is 533. The first kappa shape index (κ1) is 16.9. The zero-order chi connectivity index (χ0) is 15.3. The average Bonchev–Trinajstić information content (AvgIpc) is 2.36. The van der Waals surface area contributed by atoms with E-state index < -0.39 is 16.1 Å². The van der Waals surface area contributed by atoms with Crippen molar-refractivity contribution < 1.29 is 23.0 Å². The molecular formula is C13H21NO5S. The summed E-state index contributed by atoms with van der Waals surface area (Å²) in [6, 6.07) is 2.64. The van der Waals surface area contributed by atoms with E-state index >= 15 is 0 Å². The lowest BCUT2D eigenvalue weighted by Crippen LogP contribution is -2.41. The minimum atomic E-state index is -3.73. The van der Waals surface area contributed by atoms with Gasteiger partial charge in [-0.25, -0.2) is 13.1 Å². The van der Waals surface area contributed by atoms with Crippen LogP contribution < -0.4 is 9.46 Å². The van der Waals surface area contributed by atoms with Crippen molar-refractivity contribution in [2.24, 2.45) is 0 Å². The second-order valence-corrected chi connectivity index (χ2v) is 6.20. The molecule has 0 aromatic heterocycles. The van der Waals surface area contributed by atoms with Crippen molar-refractivity contribution in [3.8, 4) is 5.75 Å². The fourth-order valence-electron chi connectivity index (χ4n) is 2.06. The third-order valence-electron chi connectivity index (χ3n) is 2.85. The maximum atomic E-state index is 12.4. The van der Waals surface area contributed by atoms with Crippen LogP contribution >= 0.6 is 0 Å². The number of aliphatic hydroxyl groups excluding tert-OH is 1. The van der Waals surface area contributed by atoms with Crippen LogP contribution in [0, 0.1) is 13.8 Å². The number of rotatable bonds is 7. The van der Waals surface area contributed by atoms with Crippen LogP contribution in [0.1, 0.15) is 11.1 Å². The Morgan fingerprint density at radius 2 is 1.80 bits per heavy atom. The molecule has 0 saturated carbocycles. The van der Waals surface area contributed by atoms with Gasteiger partial charge in [-0.15, -0.1) is 0 Å². The summed E-state index contributed by atoms with van der Waals surface area (Å²) in [5, 5.41) is 9.16. The van der Waals surface area contributed by atoms with E-state index in [4.69, 9.17) is 14.6 Å².